The van der Waals surface area contributed by atoms with Gasteiger partial charge < -0.3 is 5.32 Å². The van der Waals surface area contributed by atoms with Crippen LogP contribution in [0.25, 0.3) is 0 Å². The Balaban J connectivity index is 1.44. The fourth-order valence-electron chi connectivity index (χ4n) is 4.12. The quantitative estimate of drug-likeness (QED) is 0.718. The first-order valence-corrected chi connectivity index (χ1v) is 10.5. The molecule has 0 unspecified atom stereocenters. The van der Waals surface area contributed by atoms with Crippen molar-refractivity contribution in [2.75, 3.05) is 0 Å². The zero-order valence-corrected chi connectivity index (χ0v) is 16.9. The minimum Gasteiger partial charge on any atom is -0.353 e. The molecule has 1 saturated carbocycles. The molecule has 3 rings (SSSR count). The fraction of sp³-hybridized carbons (Fsp3) is 0.440. The van der Waals surface area contributed by atoms with Gasteiger partial charge in [0.1, 0.15) is 5.78 Å². The highest BCUT2D eigenvalue weighted by Crippen LogP contribution is 2.30. The van der Waals surface area contributed by atoms with Crippen LogP contribution in [0.3, 0.4) is 0 Å². The van der Waals surface area contributed by atoms with Gasteiger partial charge in [0, 0.05) is 18.4 Å². The number of carbonyl (C=O) groups is 2. The van der Waals surface area contributed by atoms with Crippen LogP contribution in [0, 0.1) is 5.92 Å². The lowest BCUT2D eigenvalue weighted by Crippen LogP contribution is -2.40. The van der Waals surface area contributed by atoms with Crippen LogP contribution in [0.5, 0.6) is 0 Å². The number of nitrogens with one attached hydrogen (secondary N) is 1. The molecule has 0 radical (unpaired) electrons. The zero-order valence-electron chi connectivity index (χ0n) is 16.9. The van der Waals surface area contributed by atoms with Gasteiger partial charge in [0.2, 0.25) is 5.91 Å². The maximum Gasteiger partial charge on any atom is 0.227 e. The zero-order chi connectivity index (χ0) is 19.9. The summed E-state index contributed by atoms with van der Waals surface area (Å²) in [5, 5.41) is 3.22. The smallest absolute Gasteiger partial charge is 0.227 e. The minimum atomic E-state index is -0.132. The van der Waals surface area contributed by atoms with Crippen molar-refractivity contribution in [3.05, 3.63) is 71.8 Å². The lowest BCUT2D eigenvalue weighted by Gasteiger charge is -2.30. The highest BCUT2D eigenvalue weighted by molar-refractivity contribution is 5.85. The van der Waals surface area contributed by atoms with E-state index >= 15 is 0 Å². The summed E-state index contributed by atoms with van der Waals surface area (Å²) in [5.41, 5.74) is 2.15. The van der Waals surface area contributed by atoms with Crippen LogP contribution in [0.4, 0.5) is 0 Å². The third-order valence-corrected chi connectivity index (χ3v) is 6.16. The molecule has 0 bridgehead atoms. The Bertz CT molecular complexity index is 696. The van der Waals surface area contributed by atoms with E-state index in [9.17, 15) is 9.59 Å². The maximum absolute atomic E-state index is 12.6. The first-order valence-electron chi connectivity index (χ1n) is 10.5. The Morgan fingerprint density at radius 3 is 1.86 bits per heavy atom. The molecule has 0 saturated heterocycles. The summed E-state index contributed by atoms with van der Waals surface area (Å²) < 4.78 is 0. The van der Waals surface area contributed by atoms with Crippen LogP contribution < -0.4 is 5.32 Å². The molecule has 2 aromatic carbocycles. The monoisotopic (exact) mass is 377 g/mol. The average molecular weight is 378 g/mol. The number of amides is 1. The minimum absolute atomic E-state index is 0.0367. The van der Waals surface area contributed by atoms with Gasteiger partial charge in [-0.05, 0) is 49.7 Å². The van der Waals surface area contributed by atoms with Crippen molar-refractivity contribution in [2.45, 2.75) is 63.8 Å². The number of benzene rings is 2. The SMILES string of the molecule is C[C@H](C(=O)CC1CCC(NC(=O)[C@@H](C)c2ccccc2)CC1)c1ccccc1. The van der Waals surface area contributed by atoms with Crippen molar-refractivity contribution in [3.63, 3.8) is 0 Å². The van der Waals surface area contributed by atoms with Crippen molar-refractivity contribution in [3.8, 4) is 0 Å². The molecular weight excluding hydrogens is 346 g/mol. The molecule has 0 aromatic heterocycles. The van der Waals surface area contributed by atoms with E-state index in [-0.39, 0.29) is 23.8 Å². The van der Waals surface area contributed by atoms with Gasteiger partial charge in [-0.1, -0.05) is 67.6 Å². The van der Waals surface area contributed by atoms with Crippen molar-refractivity contribution in [2.24, 2.45) is 5.92 Å². The van der Waals surface area contributed by atoms with E-state index in [1.807, 2.05) is 74.5 Å². The second-order valence-corrected chi connectivity index (χ2v) is 8.16. The van der Waals surface area contributed by atoms with Gasteiger partial charge in [0.15, 0.2) is 0 Å². The van der Waals surface area contributed by atoms with Crippen LogP contribution in [-0.2, 0) is 9.59 Å². The third kappa shape index (κ3) is 5.31. The van der Waals surface area contributed by atoms with E-state index < -0.39 is 0 Å². The van der Waals surface area contributed by atoms with Gasteiger partial charge in [0.05, 0.1) is 5.92 Å². The summed E-state index contributed by atoms with van der Waals surface area (Å²) in [4.78, 5) is 25.2. The lowest BCUT2D eigenvalue weighted by atomic mass is 9.80. The second-order valence-electron chi connectivity index (χ2n) is 8.16. The molecule has 2 atom stereocenters. The largest absolute Gasteiger partial charge is 0.353 e. The molecule has 1 aliphatic carbocycles. The standard InChI is InChI=1S/C25H31NO2/c1-18(21-9-5-3-6-10-21)24(27)17-20-13-15-23(16-14-20)26-25(28)19(2)22-11-7-4-8-12-22/h3-12,18-20,23H,13-17H2,1-2H3,(H,26,28)/t18-,19-,20?,23?/m0/s1. The molecule has 0 aliphatic heterocycles. The van der Waals surface area contributed by atoms with Crippen molar-refractivity contribution in [1.82, 2.24) is 5.32 Å². The Labute approximate surface area is 168 Å². The first kappa shape index (κ1) is 20.3. The van der Waals surface area contributed by atoms with E-state index in [0.717, 1.165) is 36.8 Å². The number of hydrogen-bond acceptors (Lipinski definition) is 2. The summed E-state index contributed by atoms with van der Waals surface area (Å²) in [7, 11) is 0. The predicted molar refractivity (Wildman–Crippen MR) is 113 cm³/mol. The molecule has 1 aliphatic rings. The third-order valence-electron chi connectivity index (χ3n) is 6.16. The van der Waals surface area contributed by atoms with Crippen LogP contribution >= 0.6 is 0 Å². The van der Waals surface area contributed by atoms with Crippen molar-refractivity contribution < 1.29 is 9.59 Å². The van der Waals surface area contributed by atoms with Gasteiger partial charge in [-0.25, -0.2) is 0 Å². The molecule has 3 heteroatoms. The summed E-state index contributed by atoms with van der Waals surface area (Å²) in [6.45, 7) is 3.97. The van der Waals surface area contributed by atoms with Crippen LogP contribution in [0.2, 0.25) is 0 Å². The molecular formula is C25H31NO2. The van der Waals surface area contributed by atoms with Gasteiger partial charge >= 0.3 is 0 Å². The predicted octanol–water partition coefficient (Wildman–Crippen LogP) is 5.23. The van der Waals surface area contributed by atoms with E-state index in [4.69, 9.17) is 0 Å². The first-order chi connectivity index (χ1) is 13.5. The number of hydrogen-bond donors (Lipinski definition) is 1. The Morgan fingerprint density at radius 2 is 1.32 bits per heavy atom. The van der Waals surface area contributed by atoms with E-state index in [1.165, 1.54) is 0 Å². The molecule has 0 spiro atoms. The molecule has 148 valence electrons. The van der Waals surface area contributed by atoms with E-state index in [1.54, 1.807) is 0 Å². The summed E-state index contributed by atoms with van der Waals surface area (Å²) in [5.74, 6) is 0.704. The number of ketones is 1. The van der Waals surface area contributed by atoms with Gasteiger partial charge in [-0.3, -0.25) is 9.59 Å². The Hall–Kier alpha value is -2.42. The lowest BCUT2D eigenvalue weighted by molar-refractivity contribution is -0.124. The molecule has 1 N–H and O–H groups in total. The Morgan fingerprint density at radius 1 is 0.821 bits per heavy atom. The van der Waals surface area contributed by atoms with Crippen LogP contribution in [-0.4, -0.2) is 17.7 Å². The second kappa shape index (κ2) is 9.68. The molecule has 2 aromatic rings. The summed E-state index contributed by atoms with van der Waals surface area (Å²) in [6, 6.07) is 20.2. The number of rotatable bonds is 7. The summed E-state index contributed by atoms with van der Waals surface area (Å²) in [6.07, 6.45) is 4.60. The van der Waals surface area contributed by atoms with E-state index in [2.05, 4.69) is 5.32 Å². The van der Waals surface area contributed by atoms with Crippen LogP contribution in [0.15, 0.2) is 60.7 Å². The van der Waals surface area contributed by atoms with Crippen molar-refractivity contribution in [1.29, 1.82) is 0 Å². The highest BCUT2D eigenvalue weighted by Gasteiger charge is 2.27. The number of carbonyl (C=O) groups excluding carboxylic acids is 2. The van der Waals surface area contributed by atoms with E-state index in [0.29, 0.717) is 18.1 Å². The summed E-state index contributed by atoms with van der Waals surface area (Å²) >= 11 is 0. The average Bonchev–Trinajstić information content (AvgIpc) is 2.75. The molecule has 1 fully saturated rings. The Kier molecular flexibility index (Phi) is 7.02. The highest BCUT2D eigenvalue weighted by atomic mass is 16.2. The molecule has 28 heavy (non-hydrogen) atoms. The maximum atomic E-state index is 12.6. The normalized spacial score (nSPS) is 21.5. The molecule has 3 nitrogen and oxygen atoms in total. The van der Waals surface area contributed by atoms with Crippen molar-refractivity contribution >= 4 is 11.7 Å². The molecule has 1 amide bonds. The van der Waals surface area contributed by atoms with Gasteiger partial charge in [-0.15, -0.1) is 0 Å². The number of Topliss-reactive ketones (excluding diaryl/α,β-unsaturated/α-hetero) is 1. The van der Waals surface area contributed by atoms with Crippen LogP contribution in [0.1, 0.15) is 68.9 Å². The van der Waals surface area contributed by atoms with Gasteiger partial charge in [-0.2, -0.15) is 0 Å². The fourth-order valence-corrected chi connectivity index (χ4v) is 4.12. The topological polar surface area (TPSA) is 46.2 Å². The molecule has 0 heterocycles. The van der Waals surface area contributed by atoms with Gasteiger partial charge in [0.25, 0.3) is 0 Å².